The van der Waals surface area contributed by atoms with Crippen LogP contribution in [0.25, 0.3) is 0 Å². The van der Waals surface area contributed by atoms with Crippen molar-refractivity contribution in [3.8, 4) is 5.75 Å². The molecule has 1 amide bonds. The van der Waals surface area contributed by atoms with Crippen LogP contribution >= 0.6 is 0 Å². The molecule has 0 unspecified atom stereocenters. The minimum atomic E-state index is -0.102. The topological polar surface area (TPSA) is 41.6 Å². The number of carbonyl (C=O) groups is 1. The average molecular weight is 324 g/mol. The lowest BCUT2D eigenvalue weighted by atomic mass is 9.87. The van der Waals surface area contributed by atoms with E-state index in [-0.39, 0.29) is 11.3 Å². The summed E-state index contributed by atoms with van der Waals surface area (Å²) in [5.41, 5.74) is 3.73. The van der Waals surface area contributed by atoms with Gasteiger partial charge in [0.1, 0.15) is 12.4 Å². The number of benzene rings is 2. The number of amides is 1. The van der Waals surface area contributed by atoms with E-state index in [0.29, 0.717) is 12.2 Å². The molecule has 0 saturated heterocycles. The molecule has 0 saturated carbocycles. The molecule has 3 rings (SSSR count). The maximum Gasteiger partial charge on any atom is 0.255 e. The predicted molar refractivity (Wildman–Crippen MR) is 98.3 cm³/mol. The van der Waals surface area contributed by atoms with Crippen molar-refractivity contribution in [2.45, 2.75) is 26.2 Å². The Bertz CT molecular complexity index is 745. The van der Waals surface area contributed by atoms with E-state index in [1.165, 1.54) is 5.56 Å². The van der Waals surface area contributed by atoms with E-state index >= 15 is 0 Å². The first-order valence-electron chi connectivity index (χ1n) is 8.24. The van der Waals surface area contributed by atoms with Gasteiger partial charge >= 0.3 is 0 Å². The second kappa shape index (κ2) is 6.19. The van der Waals surface area contributed by atoms with Crippen LogP contribution in [0.3, 0.4) is 0 Å². The molecule has 0 bridgehead atoms. The number of rotatable bonds is 2. The summed E-state index contributed by atoms with van der Waals surface area (Å²) < 4.78 is 5.63. The molecule has 0 atom stereocenters. The minimum Gasteiger partial charge on any atom is -0.490 e. The molecular formula is C20H24N2O2. The van der Waals surface area contributed by atoms with Gasteiger partial charge in [-0.2, -0.15) is 0 Å². The van der Waals surface area contributed by atoms with Gasteiger partial charge in [-0.3, -0.25) is 4.79 Å². The first-order chi connectivity index (χ1) is 11.3. The van der Waals surface area contributed by atoms with Crippen LogP contribution in [-0.4, -0.2) is 26.1 Å². The van der Waals surface area contributed by atoms with Gasteiger partial charge in [-0.1, -0.05) is 32.9 Å². The lowest BCUT2D eigenvalue weighted by molar-refractivity contribution is 0.102. The Labute approximate surface area is 143 Å². The maximum atomic E-state index is 12.5. The number of anilines is 2. The number of hydrogen-bond donors (Lipinski definition) is 1. The highest BCUT2D eigenvalue weighted by atomic mass is 16.5. The van der Waals surface area contributed by atoms with Crippen molar-refractivity contribution in [2.24, 2.45) is 0 Å². The number of hydrogen-bond acceptors (Lipinski definition) is 3. The van der Waals surface area contributed by atoms with Crippen LogP contribution in [-0.2, 0) is 5.41 Å². The lowest BCUT2D eigenvalue weighted by Gasteiger charge is -2.28. The first-order valence-corrected chi connectivity index (χ1v) is 8.24. The van der Waals surface area contributed by atoms with Crippen LogP contribution in [0.2, 0.25) is 0 Å². The second-order valence-electron chi connectivity index (χ2n) is 7.23. The van der Waals surface area contributed by atoms with Crippen LogP contribution in [0, 0.1) is 0 Å². The van der Waals surface area contributed by atoms with Gasteiger partial charge in [-0.05, 0) is 41.3 Å². The molecule has 0 fully saturated rings. The van der Waals surface area contributed by atoms with Crippen LogP contribution in [0.1, 0.15) is 36.7 Å². The molecule has 2 aromatic carbocycles. The van der Waals surface area contributed by atoms with Gasteiger partial charge in [-0.15, -0.1) is 0 Å². The molecule has 126 valence electrons. The molecule has 0 aromatic heterocycles. The van der Waals surface area contributed by atoms with Crippen molar-refractivity contribution in [1.82, 2.24) is 0 Å². The molecule has 1 aliphatic rings. The summed E-state index contributed by atoms with van der Waals surface area (Å²) >= 11 is 0. The number of ether oxygens (including phenoxy) is 1. The number of nitrogens with zero attached hydrogens (tertiary/aromatic N) is 1. The van der Waals surface area contributed by atoms with Crippen LogP contribution in [0.4, 0.5) is 11.4 Å². The monoisotopic (exact) mass is 324 g/mol. The van der Waals surface area contributed by atoms with Gasteiger partial charge in [0.15, 0.2) is 0 Å². The Morgan fingerprint density at radius 1 is 1.12 bits per heavy atom. The summed E-state index contributed by atoms with van der Waals surface area (Å²) in [4.78, 5) is 14.6. The Morgan fingerprint density at radius 2 is 1.83 bits per heavy atom. The smallest absolute Gasteiger partial charge is 0.255 e. The Kier molecular flexibility index (Phi) is 4.22. The zero-order valence-corrected chi connectivity index (χ0v) is 14.7. The number of nitrogens with one attached hydrogen (secondary N) is 1. The number of carbonyl (C=O) groups excluding carboxylic acids is 1. The quantitative estimate of drug-likeness (QED) is 0.905. The molecule has 24 heavy (non-hydrogen) atoms. The van der Waals surface area contributed by atoms with E-state index in [1.807, 2.05) is 49.5 Å². The van der Waals surface area contributed by atoms with Crippen LogP contribution < -0.4 is 15.0 Å². The summed E-state index contributed by atoms with van der Waals surface area (Å²) in [7, 11) is 2.03. The summed E-state index contributed by atoms with van der Waals surface area (Å²) in [5, 5.41) is 2.97. The average Bonchev–Trinajstić information content (AvgIpc) is 2.55. The molecule has 0 radical (unpaired) electrons. The molecule has 1 heterocycles. The molecule has 0 spiro atoms. The predicted octanol–water partition coefficient (Wildman–Crippen LogP) is 4.07. The van der Waals surface area contributed by atoms with Crippen molar-refractivity contribution >= 4 is 17.3 Å². The molecule has 0 aliphatic carbocycles. The largest absolute Gasteiger partial charge is 0.490 e. The highest BCUT2D eigenvalue weighted by molar-refractivity contribution is 6.04. The molecular weight excluding hydrogens is 300 g/mol. The van der Waals surface area contributed by atoms with E-state index in [2.05, 4.69) is 31.0 Å². The van der Waals surface area contributed by atoms with E-state index in [1.54, 1.807) is 0 Å². The van der Waals surface area contributed by atoms with E-state index in [0.717, 1.165) is 23.7 Å². The summed E-state index contributed by atoms with van der Waals surface area (Å²) in [6.45, 7) is 8.02. The zero-order chi connectivity index (χ0) is 17.3. The molecule has 4 heteroatoms. The fourth-order valence-electron chi connectivity index (χ4n) is 2.75. The zero-order valence-electron chi connectivity index (χ0n) is 14.7. The third-order valence-corrected chi connectivity index (χ3v) is 4.33. The van der Waals surface area contributed by atoms with E-state index in [4.69, 9.17) is 4.74 Å². The summed E-state index contributed by atoms with van der Waals surface area (Å²) in [6.07, 6.45) is 0. The van der Waals surface area contributed by atoms with Crippen LogP contribution in [0.15, 0.2) is 42.5 Å². The molecule has 1 aliphatic heterocycles. The SMILES string of the molecule is CN1CCOc2ccc(NC(=O)c3ccc(C(C)(C)C)cc3)cc21. The van der Waals surface area contributed by atoms with Gasteiger partial charge in [0.25, 0.3) is 5.91 Å². The van der Waals surface area contributed by atoms with E-state index < -0.39 is 0 Å². The number of likely N-dealkylation sites (N-methyl/N-ethyl adjacent to an activating group) is 1. The highest BCUT2D eigenvalue weighted by Gasteiger charge is 2.17. The number of fused-ring (bicyclic) bond motifs is 1. The Balaban J connectivity index is 1.76. The highest BCUT2D eigenvalue weighted by Crippen LogP contribution is 2.33. The van der Waals surface area contributed by atoms with Gasteiger partial charge in [0, 0.05) is 18.3 Å². The van der Waals surface area contributed by atoms with Crippen molar-refractivity contribution in [3.63, 3.8) is 0 Å². The van der Waals surface area contributed by atoms with Gasteiger partial charge in [0.2, 0.25) is 0 Å². The van der Waals surface area contributed by atoms with Gasteiger partial charge in [-0.25, -0.2) is 0 Å². The third kappa shape index (κ3) is 3.37. The van der Waals surface area contributed by atoms with Gasteiger partial charge in [0.05, 0.1) is 12.2 Å². The Morgan fingerprint density at radius 3 is 2.50 bits per heavy atom. The van der Waals surface area contributed by atoms with Crippen molar-refractivity contribution < 1.29 is 9.53 Å². The first kappa shape index (κ1) is 16.4. The van der Waals surface area contributed by atoms with E-state index in [9.17, 15) is 4.79 Å². The minimum absolute atomic E-state index is 0.0814. The van der Waals surface area contributed by atoms with Gasteiger partial charge < -0.3 is 15.0 Å². The molecule has 4 nitrogen and oxygen atoms in total. The fraction of sp³-hybridized carbons (Fsp3) is 0.350. The second-order valence-corrected chi connectivity index (χ2v) is 7.23. The normalized spacial score (nSPS) is 13.9. The Hall–Kier alpha value is -2.49. The summed E-state index contributed by atoms with van der Waals surface area (Å²) in [5.74, 6) is 0.756. The van der Waals surface area contributed by atoms with Crippen molar-refractivity contribution in [3.05, 3.63) is 53.6 Å². The lowest BCUT2D eigenvalue weighted by Crippen LogP contribution is -2.28. The molecule has 1 N–H and O–H groups in total. The third-order valence-electron chi connectivity index (χ3n) is 4.33. The maximum absolute atomic E-state index is 12.5. The van der Waals surface area contributed by atoms with Crippen molar-refractivity contribution in [2.75, 3.05) is 30.4 Å². The molecule has 2 aromatic rings. The fourth-order valence-corrected chi connectivity index (χ4v) is 2.75. The van der Waals surface area contributed by atoms with Crippen LogP contribution in [0.5, 0.6) is 5.75 Å². The van der Waals surface area contributed by atoms with Crippen molar-refractivity contribution in [1.29, 1.82) is 0 Å². The summed E-state index contributed by atoms with van der Waals surface area (Å²) in [6, 6.07) is 13.5. The standard InChI is InChI=1S/C20H24N2O2/c1-20(2,3)15-7-5-14(6-8-15)19(23)21-16-9-10-18-17(13-16)22(4)11-12-24-18/h5-10,13H,11-12H2,1-4H3,(H,21,23).